The third kappa shape index (κ3) is 4.97. The highest BCUT2D eigenvalue weighted by Gasteiger charge is 1.78. The van der Waals surface area contributed by atoms with Crippen LogP contribution in [-0.4, -0.2) is 19.8 Å². The van der Waals surface area contributed by atoms with E-state index in [4.69, 9.17) is 5.73 Å². The first kappa shape index (κ1) is 8.11. The second kappa shape index (κ2) is 5.25. The molecule has 0 aliphatic heterocycles. The Bertz CT molecular complexity index is 134. The smallest absolute Gasteiger partial charge is 0.161 e. The quantitative estimate of drug-likeness (QED) is 0.362. The van der Waals surface area contributed by atoms with E-state index in [1.165, 1.54) is 0 Å². The van der Waals surface area contributed by atoms with E-state index in [-0.39, 0.29) is 0 Å². The van der Waals surface area contributed by atoms with Crippen LogP contribution in [0.5, 0.6) is 0 Å². The van der Waals surface area contributed by atoms with E-state index in [1.54, 1.807) is 0 Å². The lowest BCUT2D eigenvalue weighted by Crippen LogP contribution is -2.62. The van der Waals surface area contributed by atoms with Crippen molar-refractivity contribution in [2.75, 3.05) is 13.6 Å². The van der Waals surface area contributed by atoms with Crippen LogP contribution < -0.4 is 10.7 Å². The van der Waals surface area contributed by atoms with Gasteiger partial charge in [0.1, 0.15) is 7.05 Å². The molecule has 0 aromatic carbocycles. The summed E-state index contributed by atoms with van der Waals surface area (Å²) in [5.74, 6) is 0. The number of hydrogen-bond acceptors (Lipinski definition) is 1. The topological polar surface area (TPSA) is 40.0 Å². The minimum absolute atomic E-state index is 0.522. The molecule has 2 heteroatoms. The van der Waals surface area contributed by atoms with Gasteiger partial charge in [-0.15, -0.1) is 0 Å². The van der Waals surface area contributed by atoms with Crippen LogP contribution >= 0.6 is 0 Å². The lowest BCUT2D eigenvalue weighted by molar-refractivity contribution is -0.413. The highest BCUT2D eigenvalue weighted by Crippen LogP contribution is 1.84. The number of rotatable bonds is 3. The molecule has 3 N–H and O–H groups in total. The summed E-state index contributed by atoms with van der Waals surface area (Å²) < 4.78 is 0. The molecule has 0 fully saturated rings. The molecule has 0 radical (unpaired) electrons. The van der Waals surface area contributed by atoms with Gasteiger partial charge in [-0.1, -0.05) is 12.7 Å². The Morgan fingerprint density at radius 1 is 1.78 bits per heavy atom. The molecule has 0 saturated heterocycles. The highest BCUT2D eigenvalue weighted by molar-refractivity contribution is 5.66. The van der Waals surface area contributed by atoms with Gasteiger partial charge in [0.25, 0.3) is 0 Å². The monoisotopic (exact) mass is 125 g/mol. The zero-order chi connectivity index (χ0) is 7.11. The van der Waals surface area contributed by atoms with E-state index in [1.807, 2.05) is 25.4 Å². The summed E-state index contributed by atoms with van der Waals surface area (Å²) in [5.41, 5.74) is 6.20. The Morgan fingerprint density at radius 3 is 2.89 bits per heavy atom. The maximum Gasteiger partial charge on any atom is 0.161 e. The number of allylic oxidation sites excluding steroid dienone is 1. The minimum atomic E-state index is 0.522. The fourth-order valence-electron chi connectivity index (χ4n) is 0.348. The van der Waals surface area contributed by atoms with Crippen molar-refractivity contribution in [1.82, 2.24) is 0 Å². The van der Waals surface area contributed by atoms with Crippen molar-refractivity contribution in [1.29, 1.82) is 0 Å². The Kier molecular flexibility index (Phi) is 4.73. The van der Waals surface area contributed by atoms with E-state index < -0.39 is 0 Å². The zero-order valence-electron chi connectivity index (χ0n) is 5.72. The molecule has 0 spiro atoms. The molecule has 0 saturated carbocycles. The second-order valence-corrected chi connectivity index (χ2v) is 1.68. The second-order valence-electron chi connectivity index (χ2n) is 1.68. The third-order valence-corrected chi connectivity index (χ3v) is 0.857. The molecule has 0 rings (SSSR count). The maximum atomic E-state index is 5.27. The molecule has 0 aliphatic rings. The molecular weight excluding hydrogens is 112 g/mol. The van der Waals surface area contributed by atoms with Gasteiger partial charge < -0.3 is 5.73 Å². The molecule has 0 aromatic heterocycles. The van der Waals surface area contributed by atoms with Crippen molar-refractivity contribution >= 4 is 6.21 Å². The molecule has 0 amide bonds. The lowest BCUT2D eigenvalue weighted by atomic mass is 10.3. The third-order valence-electron chi connectivity index (χ3n) is 0.857. The van der Waals surface area contributed by atoms with Gasteiger partial charge in [0.05, 0.1) is 0 Å². The van der Waals surface area contributed by atoms with Gasteiger partial charge >= 0.3 is 0 Å². The molecule has 0 heterocycles. The van der Waals surface area contributed by atoms with Crippen molar-refractivity contribution in [3.63, 3.8) is 0 Å². The Labute approximate surface area is 55.8 Å². The van der Waals surface area contributed by atoms with Crippen molar-refractivity contribution in [3.8, 4) is 0 Å². The summed E-state index contributed by atoms with van der Waals surface area (Å²) in [6.45, 7) is 4.21. The molecule has 0 bridgehead atoms. The SMILES string of the molecule is C=C(/C=C\C=[NH+]C)CN. The molecule has 9 heavy (non-hydrogen) atoms. The Balaban J connectivity index is 3.57. The van der Waals surface area contributed by atoms with Crippen molar-refractivity contribution in [3.05, 3.63) is 24.3 Å². The Hall–Kier alpha value is -0.890. The van der Waals surface area contributed by atoms with Gasteiger partial charge in [-0.2, -0.15) is 0 Å². The number of hydrogen-bond donors (Lipinski definition) is 2. The molecular formula is C7H13N2+. The number of nitrogens with two attached hydrogens (primary N) is 1. The maximum absolute atomic E-state index is 5.27. The molecule has 50 valence electrons. The normalized spacial score (nSPS) is 11.3. The van der Waals surface area contributed by atoms with Crippen LogP contribution in [-0.2, 0) is 0 Å². The number of nitrogens with one attached hydrogen (secondary N) is 1. The van der Waals surface area contributed by atoms with Crippen LogP contribution in [0, 0.1) is 0 Å². The molecule has 0 aliphatic carbocycles. The average Bonchev–Trinajstić information content (AvgIpc) is 1.89. The van der Waals surface area contributed by atoms with Gasteiger partial charge in [0, 0.05) is 12.6 Å². The van der Waals surface area contributed by atoms with E-state index in [2.05, 4.69) is 11.6 Å². The van der Waals surface area contributed by atoms with Gasteiger partial charge in [-0.3, -0.25) is 4.99 Å². The molecule has 0 unspecified atom stereocenters. The van der Waals surface area contributed by atoms with Crippen LogP contribution in [0.2, 0.25) is 0 Å². The summed E-state index contributed by atoms with van der Waals surface area (Å²) in [5, 5.41) is 0. The van der Waals surface area contributed by atoms with Crippen LogP contribution in [0.25, 0.3) is 0 Å². The highest BCUT2D eigenvalue weighted by atomic mass is 14.6. The summed E-state index contributed by atoms with van der Waals surface area (Å²) in [6.07, 6.45) is 5.56. The van der Waals surface area contributed by atoms with Gasteiger partial charge in [-0.05, 0) is 5.57 Å². The predicted molar refractivity (Wildman–Crippen MR) is 40.3 cm³/mol. The van der Waals surface area contributed by atoms with Crippen LogP contribution in [0.15, 0.2) is 24.3 Å². The fourth-order valence-corrected chi connectivity index (χ4v) is 0.348. The predicted octanol–water partition coefficient (Wildman–Crippen LogP) is -1.16. The van der Waals surface area contributed by atoms with Gasteiger partial charge in [-0.25, -0.2) is 0 Å². The first-order valence-corrected chi connectivity index (χ1v) is 2.86. The van der Waals surface area contributed by atoms with E-state index >= 15 is 0 Å². The molecule has 0 atom stereocenters. The summed E-state index contributed by atoms with van der Waals surface area (Å²) in [6, 6.07) is 0. The molecule has 2 nitrogen and oxygen atoms in total. The fraction of sp³-hybridized carbons (Fsp3) is 0.286. The van der Waals surface area contributed by atoms with E-state index in [0.29, 0.717) is 6.54 Å². The summed E-state index contributed by atoms with van der Waals surface area (Å²) >= 11 is 0. The largest absolute Gasteiger partial charge is 0.327 e. The lowest BCUT2D eigenvalue weighted by Gasteiger charge is -1.86. The summed E-state index contributed by atoms with van der Waals surface area (Å²) in [7, 11) is 1.84. The van der Waals surface area contributed by atoms with Crippen molar-refractivity contribution in [2.24, 2.45) is 5.73 Å². The van der Waals surface area contributed by atoms with E-state index in [9.17, 15) is 0 Å². The van der Waals surface area contributed by atoms with Crippen LogP contribution in [0.1, 0.15) is 0 Å². The molecule has 0 aromatic rings. The van der Waals surface area contributed by atoms with E-state index in [0.717, 1.165) is 5.57 Å². The minimum Gasteiger partial charge on any atom is -0.327 e. The zero-order valence-corrected chi connectivity index (χ0v) is 5.72. The first-order chi connectivity index (χ1) is 4.31. The standard InChI is InChI=1S/C7H12N2/c1-7(6-8)4-3-5-9-2/h3-5H,1,6,8H2,2H3/p+1/b4-3-,9-5?. The first-order valence-electron chi connectivity index (χ1n) is 2.86. The van der Waals surface area contributed by atoms with Crippen LogP contribution in [0.3, 0.4) is 0 Å². The summed E-state index contributed by atoms with van der Waals surface area (Å²) in [4.78, 5) is 2.85. The Morgan fingerprint density at radius 2 is 2.44 bits per heavy atom. The van der Waals surface area contributed by atoms with Crippen molar-refractivity contribution in [2.45, 2.75) is 0 Å². The average molecular weight is 125 g/mol. The van der Waals surface area contributed by atoms with Gasteiger partial charge in [0.15, 0.2) is 6.21 Å². The van der Waals surface area contributed by atoms with Crippen LogP contribution in [0.4, 0.5) is 0 Å². The van der Waals surface area contributed by atoms with Crippen molar-refractivity contribution < 1.29 is 4.99 Å². The van der Waals surface area contributed by atoms with Gasteiger partial charge in [0.2, 0.25) is 0 Å².